The first-order valence-corrected chi connectivity index (χ1v) is 8.67. The summed E-state index contributed by atoms with van der Waals surface area (Å²) in [6.45, 7) is 6.24. The maximum atomic E-state index is 12.9. The second-order valence-electron chi connectivity index (χ2n) is 6.80. The van der Waals surface area contributed by atoms with Crippen molar-refractivity contribution in [1.82, 2.24) is 14.7 Å². The maximum Gasteiger partial charge on any atom is 0.257 e. The van der Waals surface area contributed by atoms with Crippen LogP contribution in [-0.4, -0.2) is 39.7 Å². The molecule has 2 aromatic rings. The molecule has 1 fully saturated rings. The van der Waals surface area contributed by atoms with Gasteiger partial charge in [0.25, 0.3) is 5.91 Å². The Kier molecular flexibility index (Phi) is 5.00. The van der Waals surface area contributed by atoms with Crippen LogP contribution < -0.4 is 5.73 Å². The third kappa shape index (κ3) is 3.51. The van der Waals surface area contributed by atoms with E-state index in [1.165, 1.54) is 5.56 Å². The summed E-state index contributed by atoms with van der Waals surface area (Å²) in [7, 11) is 0. The number of nitrogens with zero attached hydrogens (tertiary/aromatic N) is 3. The molecule has 0 spiro atoms. The average Bonchev–Trinajstić information content (AvgIpc) is 2.96. The van der Waals surface area contributed by atoms with E-state index in [0.717, 1.165) is 31.6 Å². The number of likely N-dealkylation sites (tertiary alicyclic amines) is 1. The van der Waals surface area contributed by atoms with E-state index in [0.29, 0.717) is 18.0 Å². The molecule has 1 aromatic heterocycles. The highest BCUT2D eigenvalue weighted by Crippen LogP contribution is 2.21. The first-order valence-electron chi connectivity index (χ1n) is 8.67. The lowest BCUT2D eigenvalue weighted by Crippen LogP contribution is -2.45. The number of nitrogens with two attached hydrogens (primary N) is 1. The first-order chi connectivity index (χ1) is 11.6. The van der Waals surface area contributed by atoms with Gasteiger partial charge in [-0.3, -0.25) is 9.48 Å². The van der Waals surface area contributed by atoms with Gasteiger partial charge >= 0.3 is 0 Å². The van der Waals surface area contributed by atoms with Crippen LogP contribution in [0.3, 0.4) is 0 Å². The number of benzene rings is 1. The van der Waals surface area contributed by atoms with Gasteiger partial charge in [-0.1, -0.05) is 30.3 Å². The Balaban J connectivity index is 1.74. The van der Waals surface area contributed by atoms with E-state index in [1.54, 1.807) is 6.20 Å². The average molecular weight is 326 g/mol. The molecule has 1 amide bonds. The monoisotopic (exact) mass is 326 g/mol. The zero-order valence-electron chi connectivity index (χ0n) is 14.5. The van der Waals surface area contributed by atoms with Crippen molar-refractivity contribution in [2.45, 2.75) is 39.3 Å². The minimum absolute atomic E-state index is 0.0807. The number of carbonyl (C=O) groups excluding carboxylic acids is 1. The molecule has 1 saturated heterocycles. The zero-order chi connectivity index (χ0) is 17.1. The molecule has 1 aliphatic heterocycles. The molecule has 2 N–H and O–H groups in total. The van der Waals surface area contributed by atoms with Gasteiger partial charge in [0.05, 0.1) is 18.3 Å². The molecule has 128 valence electrons. The van der Waals surface area contributed by atoms with Crippen molar-refractivity contribution >= 4 is 5.91 Å². The van der Waals surface area contributed by atoms with Gasteiger partial charge in [-0.25, -0.2) is 0 Å². The molecule has 0 saturated carbocycles. The number of hydrogen-bond acceptors (Lipinski definition) is 3. The predicted octanol–water partition coefficient (Wildman–Crippen LogP) is 2.44. The van der Waals surface area contributed by atoms with E-state index in [9.17, 15) is 4.79 Å². The van der Waals surface area contributed by atoms with Gasteiger partial charge in [0, 0.05) is 24.8 Å². The predicted molar refractivity (Wildman–Crippen MR) is 94.8 cm³/mol. The van der Waals surface area contributed by atoms with E-state index in [-0.39, 0.29) is 11.9 Å². The summed E-state index contributed by atoms with van der Waals surface area (Å²) < 4.78 is 1.90. The second-order valence-corrected chi connectivity index (χ2v) is 6.80. The maximum absolute atomic E-state index is 12.9. The molecule has 2 heterocycles. The van der Waals surface area contributed by atoms with E-state index in [1.807, 2.05) is 41.6 Å². The number of hydrogen-bond donors (Lipinski definition) is 1. The molecule has 2 unspecified atom stereocenters. The van der Waals surface area contributed by atoms with E-state index in [2.05, 4.69) is 17.2 Å². The normalized spacial score (nSPS) is 19.3. The molecule has 0 bridgehead atoms. The minimum Gasteiger partial charge on any atom is -0.338 e. The van der Waals surface area contributed by atoms with Crippen LogP contribution in [0.2, 0.25) is 0 Å². The lowest BCUT2D eigenvalue weighted by Gasteiger charge is -2.34. The van der Waals surface area contributed by atoms with Crippen LogP contribution in [0, 0.1) is 12.8 Å². The summed E-state index contributed by atoms with van der Waals surface area (Å²) in [5.74, 6) is 0.472. The Morgan fingerprint density at radius 3 is 2.83 bits per heavy atom. The molecule has 3 rings (SSSR count). The summed E-state index contributed by atoms with van der Waals surface area (Å²) in [5, 5.41) is 4.43. The van der Waals surface area contributed by atoms with Gasteiger partial charge in [-0.2, -0.15) is 5.10 Å². The van der Waals surface area contributed by atoms with Crippen LogP contribution in [0.1, 0.15) is 41.4 Å². The highest BCUT2D eigenvalue weighted by Gasteiger charge is 2.28. The largest absolute Gasteiger partial charge is 0.338 e. The fourth-order valence-electron chi connectivity index (χ4n) is 3.37. The Labute approximate surface area is 143 Å². The van der Waals surface area contributed by atoms with Gasteiger partial charge in [0.2, 0.25) is 0 Å². The smallest absolute Gasteiger partial charge is 0.257 e. The molecular weight excluding hydrogens is 300 g/mol. The number of carbonyl (C=O) groups is 1. The van der Waals surface area contributed by atoms with Gasteiger partial charge < -0.3 is 10.6 Å². The molecule has 0 aliphatic carbocycles. The molecule has 5 nitrogen and oxygen atoms in total. The van der Waals surface area contributed by atoms with Crippen LogP contribution >= 0.6 is 0 Å². The second kappa shape index (κ2) is 7.18. The fraction of sp³-hybridized carbons (Fsp3) is 0.474. The number of aromatic nitrogens is 2. The third-order valence-electron chi connectivity index (χ3n) is 5.00. The summed E-state index contributed by atoms with van der Waals surface area (Å²) in [4.78, 5) is 14.8. The van der Waals surface area contributed by atoms with Crippen molar-refractivity contribution in [1.29, 1.82) is 0 Å². The van der Waals surface area contributed by atoms with Crippen molar-refractivity contribution in [2.75, 3.05) is 13.1 Å². The van der Waals surface area contributed by atoms with E-state index in [4.69, 9.17) is 5.73 Å². The van der Waals surface area contributed by atoms with Crippen LogP contribution in [0.4, 0.5) is 0 Å². The Morgan fingerprint density at radius 2 is 2.12 bits per heavy atom. The molecule has 2 atom stereocenters. The van der Waals surface area contributed by atoms with Gasteiger partial charge in [-0.05, 0) is 38.2 Å². The molecule has 1 aliphatic rings. The van der Waals surface area contributed by atoms with Crippen LogP contribution in [0.25, 0.3) is 0 Å². The summed E-state index contributed by atoms with van der Waals surface area (Å²) >= 11 is 0. The van der Waals surface area contributed by atoms with Crippen molar-refractivity contribution in [2.24, 2.45) is 11.7 Å². The first kappa shape index (κ1) is 16.7. The van der Waals surface area contributed by atoms with Crippen LogP contribution in [0.5, 0.6) is 0 Å². The van der Waals surface area contributed by atoms with E-state index >= 15 is 0 Å². The number of amides is 1. The Bertz CT molecular complexity index is 693. The highest BCUT2D eigenvalue weighted by atomic mass is 16.2. The summed E-state index contributed by atoms with van der Waals surface area (Å²) in [6, 6.07) is 10.3. The molecule has 24 heavy (non-hydrogen) atoms. The van der Waals surface area contributed by atoms with Crippen molar-refractivity contribution in [3.63, 3.8) is 0 Å². The molecule has 0 radical (unpaired) electrons. The van der Waals surface area contributed by atoms with Crippen LogP contribution in [0.15, 0.2) is 36.5 Å². The molecular formula is C19H26N4O. The Hall–Kier alpha value is -2.14. The molecule has 5 heteroatoms. The molecule has 1 aromatic carbocycles. The fourth-order valence-corrected chi connectivity index (χ4v) is 3.37. The summed E-state index contributed by atoms with van der Waals surface area (Å²) in [6.07, 6.45) is 3.83. The highest BCUT2D eigenvalue weighted by molar-refractivity contribution is 5.95. The van der Waals surface area contributed by atoms with Gasteiger partial charge in [0.15, 0.2) is 0 Å². The van der Waals surface area contributed by atoms with E-state index < -0.39 is 0 Å². The topological polar surface area (TPSA) is 64.2 Å². The standard InChI is InChI=1S/C19H26N4O/c1-14(20)17-9-6-10-22(13-17)19(24)18-11-21-23(15(18)2)12-16-7-4-3-5-8-16/h3-5,7-8,11,14,17H,6,9-10,12-13,20H2,1-2H3. The lowest BCUT2D eigenvalue weighted by atomic mass is 9.92. The quantitative estimate of drug-likeness (QED) is 0.938. The van der Waals surface area contributed by atoms with Crippen molar-refractivity contribution in [3.05, 3.63) is 53.3 Å². The van der Waals surface area contributed by atoms with Crippen LogP contribution in [-0.2, 0) is 6.54 Å². The van der Waals surface area contributed by atoms with Gasteiger partial charge in [0.1, 0.15) is 0 Å². The SMILES string of the molecule is Cc1c(C(=O)N2CCCC(C(C)N)C2)cnn1Cc1ccccc1. The minimum atomic E-state index is 0.0807. The van der Waals surface area contributed by atoms with Gasteiger partial charge in [-0.15, -0.1) is 0 Å². The lowest BCUT2D eigenvalue weighted by molar-refractivity contribution is 0.0660. The van der Waals surface area contributed by atoms with Crippen molar-refractivity contribution in [3.8, 4) is 0 Å². The zero-order valence-corrected chi connectivity index (χ0v) is 14.5. The number of piperidine rings is 1. The Morgan fingerprint density at radius 1 is 1.38 bits per heavy atom. The number of rotatable bonds is 4. The summed E-state index contributed by atoms with van der Waals surface area (Å²) in [5.41, 5.74) is 8.84. The van der Waals surface area contributed by atoms with Crippen molar-refractivity contribution < 1.29 is 4.79 Å². The third-order valence-corrected chi connectivity index (χ3v) is 5.00.